The Balaban J connectivity index is 0.000000267. The van der Waals surface area contributed by atoms with Gasteiger partial charge in [0.1, 0.15) is 46.0 Å². The Labute approximate surface area is 613 Å². The van der Waals surface area contributed by atoms with Crippen molar-refractivity contribution in [2.45, 2.75) is 131 Å². The summed E-state index contributed by atoms with van der Waals surface area (Å²) in [6.45, 7) is 21.6. The molecule has 2 fully saturated rings. The van der Waals surface area contributed by atoms with Crippen LogP contribution in [0.4, 0.5) is 9.59 Å². The summed E-state index contributed by atoms with van der Waals surface area (Å²) >= 11 is 0. The van der Waals surface area contributed by atoms with E-state index in [0.717, 1.165) is 78.1 Å². The van der Waals surface area contributed by atoms with Gasteiger partial charge in [0.15, 0.2) is 0 Å². The zero-order valence-electron chi connectivity index (χ0n) is 59.3. The summed E-state index contributed by atoms with van der Waals surface area (Å²) in [6, 6.07) is 73.8. The van der Waals surface area contributed by atoms with E-state index >= 15 is 0 Å². The third-order valence-electron chi connectivity index (χ3n) is 16.9. The average Bonchev–Trinajstić information content (AvgIpc) is 0.805. The summed E-state index contributed by atoms with van der Waals surface area (Å²) in [4.78, 5) is 48.1. The summed E-state index contributed by atoms with van der Waals surface area (Å²) in [5, 5.41) is 83.9. The zero-order chi connectivity index (χ0) is 74.3. The maximum Gasteiger partial charge on any atom is 0.324 e. The van der Waals surface area contributed by atoms with Crippen molar-refractivity contribution in [1.29, 1.82) is 0 Å². The molecule has 2 aliphatic heterocycles. The minimum Gasteiger partial charge on any atom is -0.508 e. The van der Waals surface area contributed by atoms with Gasteiger partial charge in [0.25, 0.3) is 0 Å². The number of urea groups is 2. The van der Waals surface area contributed by atoms with Gasteiger partial charge in [0.2, 0.25) is 11.8 Å². The van der Waals surface area contributed by atoms with Gasteiger partial charge in [-0.1, -0.05) is 201 Å². The highest BCUT2D eigenvalue weighted by molar-refractivity contribution is 5.98. The van der Waals surface area contributed by atoms with Gasteiger partial charge in [-0.3, -0.25) is 19.4 Å². The molecule has 0 aliphatic carbocycles. The van der Waals surface area contributed by atoms with Crippen molar-refractivity contribution in [2.24, 2.45) is 0 Å². The Morgan fingerprint density at radius 1 is 0.327 bits per heavy atom. The second-order valence-electron chi connectivity index (χ2n) is 25.6. The van der Waals surface area contributed by atoms with Crippen LogP contribution in [0.2, 0.25) is 0 Å². The first-order valence-electron chi connectivity index (χ1n) is 34.2. The van der Waals surface area contributed by atoms with Crippen LogP contribution in [0.25, 0.3) is 0 Å². The molecule has 0 bridgehead atoms. The predicted octanol–water partition coefficient (Wildman–Crippen LogP) is 19.1. The summed E-state index contributed by atoms with van der Waals surface area (Å²) in [5.74, 6) is 1.15. The lowest BCUT2D eigenvalue weighted by Crippen LogP contribution is -2.59. The van der Waals surface area contributed by atoms with Crippen molar-refractivity contribution in [3.05, 3.63) is 322 Å². The number of nitrogens with zero attached hydrogens (tertiary/aromatic N) is 2. The first kappa shape index (κ1) is 82.9. The van der Waals surface area contributed by atoms with Gasteiger partial charge in [0, 0.05) is 60.7 Å². The van der Waals surface area contributed by atoms with E-state index in [1.165, 1.54) is 11.0 Å². The third kappa shape index (κ3) is 22.6. The van der Waals surface area contributed by atoms with Gasteiger partial charge in [-0.25, -0.2) is 9.59 Å². The first-order valence-corrected chi connectivity index (χ1v) is 34.2. The minimum atomic E-state index is -0.425. The van der Waals surface area contributed by atoms with Crippen LogP contribution in [0.5, 0.6) is 46.0 Å². The largest absolute Gasteiger partial charge is 0.508 e. The fourth-order valence-corrected chi connectivity index (χ4v) is 12.1. The lowest BCUT2D eigenvalue weighted by molar-refractivity contribution is -0.132. The van der Waals surface area contributed by atoms with E-state index in [1.54, 1.807) is 97.1 Å². The van der Waals surface area contributed by atoms with E-state index in [0.29, 0.717) is 19.4 Å². The highest BCUT2D eigenvalue weighted by atomic mass is 16.3. The van der Waals surface area contributed by atoms with Crippen molar-refractivity contribution in [2.75, 3.05) is 13.1 Å². The molecule has 0 radical (unpaired) electrons. The van der Waals surface area contributed by atoms with E-state index in [9.17, 15) is 60.0 Å². The summed E-state index contributed by atoms with van der Waals surface area (Å²) in [6.07, 6.45) is 3.07. The molecular formula is C88H102N4O12. The molecule has 546 valence electrons. The minimum absolute atomic E-state index is 0. The van der Waals surface area contributed by atoms with Crippen LogP contribution in [-0.2, 0) is 9.59 Å². The molecule has 0 aromatic heterocycles. The SMILES string of the molecule is C.C.C=CCN1C(=O)CC(C)(C)NC1=O.CC.CC.CCCN1C(=O)CC(C)(C)NC1=O.Oc1ccc(C(c2ccc(O)cc2)c2ccc(C(c3ccc(O)cc3)c3ccc(O)cc3)cc2)cc1.Oc1ccc(C(c2ccc(O)cc2)c2ccc(C(c3ccc(O)cc3)c3ccc(O)cc3)cc2)cc1. The second-order valence-corrected chi connectivity index (χ2v) is 25.6. The molecule has 0 atom stereocenters. The maximum atomic E-state index is 11.5. The molecule has 10 aromatic rings. The maximum absolute atomic E-state index is 11.5. The van der Waals surface area contributed by atoms with Crippen molar-refractivity contribution in [3.8, 4) is 46.0 Å². The molecular weight excluding hydrogens is 1300 g/mol. The highest BCUT2D eigenvalue weighted by Crippen LogP contribution is 2.40. The second kappa shape index (κ2) is 38.9. The molecule has 16 nitrogen and oxygen atoms in total. The normalized spacial score (nSPS) is 13.2. The van der Waals surface area contributed by atoms with Gasteiger partial charge < -0.3 is 51.5 Å². The molecule has 16 heteroatoms. The number of phenols is 8. The van der Waals surface area contributed by atoms with Crippen molar-refractivity contribution >= 4 is 23.9 Å². The number of rotatable bonds is 16. The quantitative estimate of drug-likeness (QED) is 0.0320. The Bertz CT molecular complexity index is 3620. The zero-order valence-corrected chi connectivity index (χ0v) is 59.3. The fourth-order valence-electron chi connectivity index (χ4n) is 12.1. The van der Waals surface area contributed by atoms with Gasteiger partial charge in [-0.2, -0.15) is 0 Å². The van der Waals surface area contributed by atoms with Crippen LogP contribution in [-0.4, -0.2) is 98.7 Å². The van der Waals surface area contributed by atoms with Gasteiger partial charge >= 0.3 is 12.1 Å². The standard InChI is InChI=1S/2C32H26O4.C9H16N2O2.C9H14N2O2.2C2H6.2CH4/c2*33-27-13-5-23(6-14-27)31(24-7-15-28(34)16-8-24)21-1-2-22(4-3-21)32(25-9-17-29(35)18-10-25)26-11-19-30(36)20-12-26;2*1-4-5-11-7(12)6-9(2,3)10-8(11)13;2*1-2;;/h2*1-20,31-36H;4-6H2,1-3H3,(H,10,13);4H,1,5-6H2,2-3H3,(H,10,13);2*1-2H3;2*1H4. The number of amides is 6. The van der Waals surface area contributed by atoms with Gasteiger partial charge in [0.05, 0.1) is 0 Å². The molecule has 2 aliphatic rings. The Hall–Kier alpha value is -11.8. The fraction of sp³-hybridized carbons (Fsp3) is 0.250. The van der Waals surface area contributed by atoms with Crippen LogP contribution < -0.4 is 10.6 Å². The molecule has 0 saturated carbocycles. The molecule has 10 aromatic carbocycles. The molecule has 104 heavy (non-hydrogen) atoms. The van der Waals surface area contributed by atoms with E-state index < -0.39 is 11.1 Å². The van der Waals surface area contributed by atoms with Crippen LogP contribution in [0.1, 0.15) is 187 Å². The van der Waals surface area contributed by atoms with Crippen molar-refractivity contribution < 1.29 is 60.0 Å². The number of imide groups is 2. The lowest BCUT2D eigenvalue weighted by atomic mass is 9.81. The summed E-state index contributed by atoms with van der Waals surface area (Å²) in [7, 11) is 0. The average molecular weight is 1410 g/mol. The molecule has 0 unspecified atom stereocenters. The van der Waals surface area contributed by atoms with Gasteiger partial charge in [-0.05, 0) is 198 Å². The number of phenolic OH excluding ortho intramolecular Hbond substituents is 8. The summed E-state index contributed by atoms with van der Waals surface area (Å²) in [5.41, 5.74) is 11.7. The first-order chi connectivity index (χ1) is 48.9. The Kier molecular flexibility index (Phi) is 31.0. The van der Waals surface area contributed by atoms with Crippen molar-refractivity contribution in [1.82, 2.24) is 20.4 Å². The number of aromatic hydroxyl groups is 8. The topological polar surface area (TPSA) is 261 Å². The van der Waals surface area contributed by atoms with E-state index in [2.05, 4.69) is 65.7 Å². The third-order valence-corrected chi connectivity index (χ3v) is 16.9. The molecule has 2 heterocycles. The molecule has 12 rings (SSSR count). The molecule has 6 amide bonds. The summed E-state index contributed by atoms with van der Waals surface area (Å²) < 4.78 is 0. The van der Waals surface area contributed by atoms with E-state index in [-0.39, 0.29) is 115 Å². The number of carbonyl (C=O) groups is 4. The molecule has 10 N–H and O–H groups in total. The van der Waals surface area contributed by atoms with Crippen LogP contribution in [0.3, 0.4) is 0 Å². The smallest absolute Gasteiger partial charge is 0.324 e. The highest BCUT2D eigenvalue weighted by Gasteiger charge is 2.37. The van der Waals surface area contributed by atoms with Crippen molar-refractivity contribution in [3.63, 3.8) is 0 Å². The van der Waals surface area contributed by atoms with E-state index in [4.69, 9.17) is 0 Å². The number of hydrogen-bond donors (Lipinski definition) is 10. The predicted molar refractivity (Wildman–Crippen MR) is 416 cm³/mol. The number of benzene rings is 10. The number of hydrogen-bond acceptors (Lipinski definition) is 12. The van der Waals surface area contributed by atoms with E-state index in [1.807, 2.05) is 159 Å². The number of nitrogens with one attached hydrogen (secondary N) is 2. The Morgan fingerprint density at radius 3 is 0.625 bits per heavy atom. The van der Waals surface area contributed by atoms with Crippen LogP contribution >= 0.6 is 0 Å². The lowest BCUT2D eigenvalue weighted by Gasteiger charge is -2.36. The van der Waals surface area contributed by atoms with Crippen LogP contribution in [0.15, 0.2) is 255 Å². The molecule has 0 spiro atoms. The van der Waals surface area contributed by atoms with Gasteiger partial charge in [-0.15, -0.1) is 6.58 Å². The number of carbonyl (C=O) groups excluding carboxylic acids is 4. The van der Waals surface area contributed by atoms with Crippen LogP contribution in [0, 0.1) is 0 Å². The monoisotopic (exact) mass is 1410 g/mol. The Morgan fingerprint density at radius 2 is 0.481 bits per heavy atom. The molecule has 2 saturated heterocycles.